The van der Waals surface area contributed by atoms with Crippen LogP contribution in [0.3, 0.4) is 0 Å². The van der Waals surface area contributed by atoms with E-state index in [1.165, 1.54) is 0 Å². The number of H-pyrrole nitrogens is 2. The van der Waals surface area contributed by atoms with Crippen molar-refractivity contribution in [3.63, 3.8) is 0 Å². The predicted octanol–water partition coefficient (Wildman–Crippen LogP) is 3.51. The number of halogens is 1. The summed E-state index contributed by atoms with van der Waals surface area (Å²) in [5.74, 6) is -0.174. The third kappa shape index (κ3) is 2.94. The highest BCUT2D eigenvalue weighted by atomic mass is 19.1. The molecule has 5 rings (SSSR count). The van der Waals surface area contributed by atoms with Crippen LogP contribution in [-0.4, -0.2) is 30.1 Å². The molecule has 9 heteroatoms. The summed E-state index contributed by atoms with van der Waals surface area (Å²) in [7, 11) is 0. The molecule has 0 aliphatic heterocycles. The summed E-state index contributed by atoms with van der Waals surface area (Å²) in [6.45, 7) is 1.93. The summed E-state index contributed by atoms with van der Waals surface area (Å²) >= 11 is 0. The molecule has 0 bridgehead atoms. The Hall–Kier alpha value is -3.49. The van der Waals surface area contributed by atoms with E-state index < -0.39 is 5.82 Å². The van der Waals surface area contributed by atoms with Gasteiger partial charge in [-0.05, 0) is 44.0 Å². The lowest BCUT2D eigenvalue weighted by Gasteiger charge is -2.14. The number of hydrogen-bond donors (Lipinski definition) is 4. The van der Waals surface area contributed by atoms with Gasteiger partial charge in [0.25, 0.3) is 0 Å². The molecule has 1 aliphatic rings. The summed E-state index contributed by atoms with van der Waals surface area (Å²) in [4.78, 5) is 16.1. The summed E-state index contributed by atoms with van der Waals surface area (Å²) in [6.07, 6.45) is 4.09. The van der Waals surface area contributed by atoms with Crippen molar-refractivity contribution in [2.75, 3.05) is 11.1 Å². The minimum absolute atomic E-state index is 0.0828. The van der Waals surface area contributed by atoms with Gasteiger partial charge in [-0.1, -0.05) is 0 Å². The molecule has 4 aromatic heterocycles. The quantitative estimate of drug-likeness (QED) is 0.422. The van der Waals surface area contributed by atoms with Crippen molar-refractivity contribution in [2.45, 2.75) is 31.7 Å². The van der Waals surface area contributed by atoms with Crippen molar-refractivity contribution >= 4 is 22.8 Å². The van der Waals surface area contributed by atoms with Crippen LogP contribution in [0.25, 0.3) is 22.4 Å². The van der Waals surface area contributed by atoms with Crippen molar-refractivity contribution < 1.29 is 4.39 Å². The number of nitrogens with one attached hydrogen (secondary N) is 3. The van der Waals surface area contributed by atoms with Gasteiger partial charge in [0.2, 0.25) is 5.95 Å². The molecule has 1 aliphatic carbocycles. The summed E-state index contributed by atoms with van der Waals surface area (Å²) in [5.41, 5.74) is 9.95. The number of nitrogens with zero attached hydrogens (tertiary/aromatic N) is 4. The van der Waals surface area contributed by atoms with Gasteiger partial charge in [0.05, 0.1) is 22.8 Å². The number of rotatable bonds is 5. The smallest absolute Gasteiger partial charge is 0.225 e. The lowest BCUT2D eigenvalue weighted by Crippen LogP contribution is -2.13. The number of nitrogens with two attached hydrogens (primary N) is 1. The zero-order valence-corrected chi connectivity index (χ0v) is 15.2. The second kappa shape index (κ2) is 6.29. The second-order valence-electron chi connectivity index (χ2n) is 7.09. The van der Waals surface area contributed by atoms with Crippen LogP contribution in [0.2, 0.25) is 0 Å². The van der Waals surface area contributed by atoms with E-state index >= 15 is 0 Å². The third-order valence-corrected chi connectivity index (χ3v) is 4.95. The largest absolute Gasteiger partial charge is 0.381 e. The molecule has 0 saturated heterocycles. The van der Waals surface area contributed by atoms with Crippen LogP contribution in [-0.2, 0) is 0 Å². The van der Waals surface area contributed by atoms with Crippen molar-refractivity contribution in [3.05, 3.63) is 47.7 Å². The van der Waals surface area contributed by atoms with E-state index in [1.807, 2.05) is 37.4 Å². The van der Waals surface area contributed by atoms with E-state index in [9.17, 15) is 4.39 Å². The van der Waals surface area contributed by atoms with Crippen molar-refractivity contribution in [1.82, 2.24) is 30.1 Å². The van der Waals surface area contributed by atoms with Crippen LogP contribution in [0, 0.1) is 5.82 Å². The number of anilines is 2. The Bertz CT molecular complexity index is 1160. The number of aromatic nitrogens is 6. The topological polar surface area (TPSA) is 121 Å². The molecule has 28 heavy (non-hydrogen) atoms. The maximum absolute atomic E-state index is 14.5. The number of nitrogen functional groups attached to an aromatic ring is 1. The first-order valence-electron chi connectivity index (χ1n) is 9.18. The monoisotopic (exact) mass is 378 g/mol. The molecule has 0 radical (unpaired) electrons. The molecule has 0 unspecified atom stereocenters. The van der Waals surface area contributed by atoms with E-state index in [4.69, 9.17) is 5.73 Å². The normalized spacial score (nSPS) is 15.1. The lowest BCUT2D eigenvalue weighted by atomic mass is 10.2. The molecule has 5 N–H and O–H groups in total. The van der Waals surface area contributed by atoms with Gasteiger partial charge in [-0.15, -0.1) is 0 Å². The average molecular weight is 378 g/mol. The minimum atomic E-state index is -0.668. The summed E-state index contributed by atoms with van der Waals surface area (Å²) in [5, 5.41) is 10.3. The molecule has 0 aromatic carbocycles. The molecule has 1 atom stereocenters. The first-order chi connectivity index (χ1) is 13.6. The van der Waals surface area contributed by atoms with Crippen molar-refractivity contribution in [1.29, 1.82) is 0 Å². The van der Waals surface area contributed by atoms with Gasteiger partial charge in [-0.2, -0.15) is 10.1 Å². The van der Waals surface area contributed by atoms with Crippen LogP contribution >= 0.6 is 0 Å². The average Bonchev–Trinajstić information content (AvgIpc) is 3.23. The van der Waals surface area contributed by atoms with Gasteiger partial charge in [0.15, 0.2) is 11.6 Å². The third-order valence-electron chi connectivity index (χ3n) is 4.95. The van der Waals surface area contributed by atoms with Gasteiger partial charge in [-0.25, -0.2) is 14.4 Å². The lowest BCUT2D eigenvalue weighted by molar-refractivity contribution is 0.623. The molecule has 8 nitrogen and oxygen atoms in total. The highest BCUT2D eigenvalue weighted by molar-refractivity contribution is 5.74. The van der Waals surface area contributed by atoms with Crippen LogP contribution < -0.4 is 11.1 Å². The predicted molar refractivity (Wildman–Crippen MR) is 104 cm³/mol. The highest BCUT2D eigenvalue weighted by Gasteiger charge is 2.27. The standard InChI is InChI=1S/C19H19FN8/c1-9(11-4-5-12-13(24-11)6-7-22-12)23-19-25-17(16(20)18(21)26-19)15-8-14(27-28-15)10-2-3-10/h4-10,22H,2-3H2,1H3,(H,27,28)(H3,21,23,25,26)/t9-/m1/s1. The van der Waals surface area contributed by atoms with E-state index in [-0.39, 0.29) is 23.5 Å². The number of aromatic amines is 2. The molecule has 0 amide bonds. The minimum Gasteiger partial charge on any atom is -0.381 e. The molecule has 4 heterocycles. The molecule has 0 spiro atoms. The van der Waals surface area contributed by atoms with E-state index in [0.29, 0.717) is 11.6 Å². The Labute approximate surface area is 159 Å². The van der Waals surface area contributed by atoms with Gasteiger partial charge < -0.3 is 16.0 Å². The first kappa shape index (κ1) is 16.7. The highest BCUT2D eigenvalue weighted by Crippen LogP contribution is 2.40. The van der Waals surface area contributed by atoms with Gasteiger partial charge in [-0.3, -0.25) is 5.10 Å². The number of fused-ring (bicyclic) bond motifs is 1. The summed E-state index contributed by atoms with van der Waals surface area (Å²) in [6, 6.07) is 7.42. The van der Waals surface area contributed by atoms with Crippen LogP contribution in [0.5, 0.6) is 0 Å². The maximum atomic E-state index is 14.5. The zero-order chi connectivity index (χ0) is 19.3. The fourth-order valence-corrected chi connectivity index (χ4v) is 3.22. The Morgan fingerprint density at radius 3 is 2.89 bits per heavy atom. The first-order valence-corrected chi connectivity index (χ1v) is 9.18. The van der Waals surface area contributed by atoms with E-state index in [2.05, 4.69) is 35.5 Å². The van der Waals surface area contributed by atoms with Crippen LogP contribution in [0.15, 0.2) is 30.5 Å². The van der Waals surface area contributed by atoms with Gasteiger partial charge >= 0.3 is 0 Å². The summed E-state index contributed by atoms with van der Waals surface area (Å²) < 4.78 is 14.5. The zero-order valence-electron chi connectivity index (χ0n) is 15.2. The van der Waals surface area contributed by atoms with Crippen LogP contribution in [0.4, 0.5) is 16.2 Å². The van der Waals surface area contributed by atoms with E-state index in [1.54, 1.807) is 0 Å². The van der Waals surface area contributed by atoms with Crippen LogP contribution in [0.1, 0.15) is 43.1 Å². The van der Waals surface area contributed by atoms with Gasteiger partial charge in [0.1, 0.15) is 11.4 Å². The van der Waals surface area contributed by atoms with E-state index in [0.717, 1.165) is 35.3 Å². The SMILES string of the molecule is C[C@@H](Nc1nc(N)c(F)c(-c2cc(C3CC3)[nH]n2)n1)c1ccc2[nH]ccc2n1. The Morgan fingerprint density at radius 2 is 2.07 bits per heavy atom. The fourth-order valence-electron chi connectivity index (χ4n) is 3.22. The molecule has 4 aromatic rings. The Balaban J connectivity index is 1.44. The van der Waals surface area contributed by atoms with Crippen molar-refractivity contribution in [2.24, 2.45) is 0 Å². The maximum Gasteiger partial charge on any atom is 0.225 e. The van der Waals surface area contributed by atoms with Gasteiger partial charge in [0, 0.05) is 17.8 Å². The Morgan fingerprint density at radius 1 is 1.21 bits per heavy atom. The molecular weight excluding hydrogens is 359 g/mol. The van der Waals surface area contributed by atoms with Crippen molar-refractivity contribution in [3.8, 4) is 11.4 Å². The molecular formula is C19H19FN8. The molecule has 1 fully saturated rings. The molecule has 142 valence electrons. The fraction of sp³-hybridized carbons (Fsp3) is 0.263. The number of pyridine rings is 1. The number of hydrogen-bond acceptors (Lipinski definition) is 6. The Kier molecular flexibility index (Phi) is 3.75. The second-order valence-corrected chi connectivity index (χ2v) is 7.09. The molecule has 1 saturated carbocycles.